The van der Waals surface area contributed by atoms with E-state index in [1.54, 1.807) is 30.6 Å². The molecule has 1 aromatic carbocycles. The van der Waals surface area contributed by atoms with Crippen LogP contribution in [0.25, 0.3) is 0 Å². The number of hydrogen-bond donors (Lipinski definition) is 2. The first-order valence-corrected chi connectivity index (χ1v) is 6.70. The number of phenolic OH excluding ortho intramolecular Hbond substituents is 1. The normalized spacial score (nSPS) is 10.4. The summed E-state index contributed by atoms with van der Waals surface area (Å²) in [7, 11) is 0. The second-order valence-corrected chi connectivity index (χ2v) is 4.87. The number of carbonyl (C=O) groups is 1. The highest BCUT2D eigenvalue weighted by atomic mass is 16.3. The number of pyridine rings is 1. The monoisotopic (exact) mass is 286 g/mol. The predicted octanol–water partition coefficient (Wildman–Crippen LogP) is 1.73. The summed E-state index contributed by atoms with van der Waals surface area (Å²) in [4.78, 5) is 18.1. The average Bonchev–Trinajstić information content (AvgIpc) is 2.46. The van der Waals surface area contributed by atoms with Crippen LogP contribution in [0.15, 0.2) is 42.7 Å². The average molecular weight is 286 g/mol. The molecule has 110 valence electrons. The van der Waals surface area contributed by atoms with E-state index in [0.29, 0.717) is 12.1 Å². The van der Waals surface area contributed by atoms with E-state index < -0.39 is 0 Å². The number of carbonyl (C=O) groups excluding carboxylic acids is 1. The molecule has 0 aliphatic rings. The lowest BCUT2D eigenvalue weighted by Gasteiger charge is -2.22. The zero-order chi connectivity index (χ0) is 15.2. The maximum Gasteiger partial charge on any atom is 0.254 e. The van der Waals surface area contributed by atoms with Crippen molar-refractivity contribution in [3.8, 4) is 5.75 Å². The van der Waals surface area contributed by atoms with Crippen molar-refractivity contribution in [2.45, 2.75) is 13.5 Å². The Balaban J connectivity index is 2.22. The van der Waals surface area contributed by atoms with Crippen molar-refractivity contribution in [3.05, 3.63) is 59.4 Å². The van der Waals surface area contributed by atoms with Crippen molar-refractivity contribution in [1.29, 1.82) is 0 Å². The third-order valence-corrected chi connectivity index (χ3v) is 3.06. The van der Waals surface area contributed by atoms with E-state index in [-0.39, 0.29) is 24.8 Å². The molecule has 0 spiro atoms. The van der Waals surface area contributed by atoms with E-state index in [1.165, 1.54) is 11.0 Å². The van der Waals surface area contributed by atoms with E-state index in [2.05, 4.69) is 4.98 Å². The molecule has 0 radical (unpaired) electrons. The van der Waals surface area contributed by atoms with Gasteiger partial charge in [0, 0.05) is 31.0 Å². The Morgan fingerprint density at radius 2 is 2.14 bits per heavy atom. The Kier molecular flexibility index (Phi) is 4.90. The summed E-state index contributed by atoms with van der Waals surface area (Å²) in [6.07, 6.45) is 3.35. The fraction of sp³-hybridized carbons (Fsp3) is 0.250. The first-order chi connectivity index (χ1) is 10.1. The van der Waals surface area contributed by atoms with Crippen LogP contribution in [0, 0.1) is 6.92 Å². The molecule has 0 aliphatic heterocycles. The largest absolute Gasteiger partial charge is 0.508 e. The molecule has 0 fully saturated rings. The number of rotatable bonds is 5. The number of aliphatic hydroxyl groups excluding tert-OH is 1. The highest BCUT2D eigenvalue weighted by Gasteiger charge is 2.16. The highest BCUT2D eigenvalue weighted by Crippen LogP contribution is 2.17. The molecular weight excluding hydrogens is 268 g/mol. The lowest BCUT2D eigenvalue weighted by atomic mass is 10.1. The number of aryl methyl sites for hydroxylation is 1. The second-order valence-electron chi connectivity index (χ2n) is 4.87. The van der Waals surface area contributed by atoms with Gasteiger partial charge in [-0.15, -0.1) is 0 Å². The summed E-state index contributed by atoms with van der Waals surface area (Å²) in [5.74, 6) is -0.171. The molecule has 1 aromatic heterocycles. The molecule has 0 saturated heterocycles. The molecule has 5 nitrogen and oxygen atoms in total. The zero-order valence-electron chi connectivity index (χ0n) is 11.9. The molecule has 2 N–H and O–H groups in total. The predicted molar refractivity (Wildman–Crippen MR) is 78.9 cm³/mol. The molecule has 0 atom stereocenters. The van der Waals surface area contributed by atoms with Crippen molar-refractivity contribution >= 4 is 5.91 Å². The van der Waals surface area contributed by atoms with Gasteiger partial charge in [0.1, 0.15) is 5.75 Å². The van der Waals surface area contributed by atoms with Crippen LogP contribution in [0.5, 0.6) is 5.75 Å². The minimum absolute atomic E-state index is 0.0590. The van der Waals surface area contributed by atoms with Gasteiger partial charge in [0.15, 0.2) is 0 Å². The number of aromatic nitrogens is 1. The lowest BCUT2D eigenvalue weighted by Crippen LogP contribution is -2.33. The quantitative estimate of drug-likeness (QED) is 0.878. The molecule has 2 rings (SSSR count). The Bertz CT molecular complexity index is 594. The minimum atomic E-state index is -0.230. The van der Waals surface area contributed by atoms with Gasteiger partial charge in [-0.25, -0.2) is 0 Å². The van der Waals surface area contributed by atoms with Gasteiger partial charge in [-0.3, -0.25) is 9.78 Å². The number of aromatic hydroxyl groups is 1. The first kappa shape index (κ1) is 15.0. The topological polar surface area (TPSA) is 73.7 Å². The van der Waals surface area contributed by atoms with Crippen LogP contribution in [-0.2, 0) is 6.54 Å². The van der Waals surface area contributed by atoms with E-state index in [4.69, 9.17) is 5.11 Å². The van der Waals surface area contributed by atoms with Crippen molar-refractivity contribution in [1.82, 2.24) is 9.88 Å². The van der Waals surface area contributed by atoms with Gasteiger partial charge in [0.2, 0.25) is 0 Å². The van der Waals surface area contributed by atoms with Gasteiger partial charge >= 0.3 is 0 Å². The maximum atomic E-state index is 12.5. The molecule has 1 amide bonds. The summed E-state index contributed by atoms with van der Waals surface area (Å²) < 4.78 is 0. The molecule has 2 aromatic rings. The molecule has 21 heavy (non-hydrogen) atoms. The van der Waals surface area contributed by atoms with Crippen LogP contribution in [0.4, 0.5) is 0 Å². The van der Waals surface area contributed by atoms with Crippen molar-refractivity contribution in [2.75, 3.05) is 13.2 Å². The summed E-state index contributed by atoms with van der Waals surface area (Å²) in [5, 5.41) is 18.8. The van der Waals surface area contributed by atoms with E-state index >= 15 is 0 Å². The van der Waals surface area contributed by atoms with Gasteiger partial charge < -0.3 is 15.1 Å². The molecule has 0 saturated carbocycles. The van der Waals surface area contributed by atoms with Crippen LogP contribution in [0.1, 0.15) is 21.5 Å². The molecular formula is C16H18N2O3. The Hall–Kier alpha value is -2.40. The van der Waals surface area contributed by atoms with Crippen LogP contribution < -0.4 is 0 Å². The highest BCUT2D eigenvalue weighted by molar-refractivity contribution is 5.94. The number of hydrogen-bond acceptors (Lipinski definition) is 4. The third-order valence-electron chi connectivity index (χ3n) is 3.06. The van der Waals surface area contributed by atoms with Crippen molar-refractivity contribution < 1.29 is 15.0 Å². The standard InChI is InChI=1S/C16H18N2O3/c1-12-7-14(9-15(20)8-12)16(21)18(5-6-19)11-13-3-2-4-17-10-13/h2-4,7-10,19-20H,5-6,11H2,1H3. The Morgan fingerprint density at radius 1 is 1.33 bits per heavy atom. The Labute approximate surface area is 123 Å². The summed E-state index contributed by atoms with van der Waals surface area (Å²) in [6.45, 7) is 2.28. The molecule has 0 aliphatic carbocycles. The fourth-order valence-corrected chi connectivity index (χ4v) is 2.15. The molecule has 0 unspecified atom stereocenters. The van der Waals surface area contributed by atoms with Crippen LogP contribution >= 0.6 is 0 Å². The van der Waals surface area contributed by atoms with Crippen LogP contribution in [0.3, 0.4) is 0 Å². The summed E-state index contributed by atoms with van der Waals surface area (Å²) in [5.41, 5.74) is 2.10. The Morgan fingerprint density at radius 3 is 2.76 bits per heavy atom. The third kappa shape index (κ3) is 4.03. The minimum Gasteiger partial charge on any atom is -0.508 e. The number of aliphatic hydroxyl groups is 1. The van der Waals surface area contributed by atoms with E-state index in [9.17, 15) is 9.90 Å². The number of phenols is 1. The van der Waals surface area contributed by atoms with Gasteiger partial charge in [-0.2, -0.15) is 0 Å². The van der Waals surface area contributed by atoms with Crippen LogP contribution in [0.2, 0.25) is 0 Å². The van der Waals surface area contributed by atoms with E-state index in [1.807, 2.05) is 13.0 Å². The van der Waals surface area contributed by atoms with Gasteiger partial charge in [0.25, 0.3) is 5.91 Å². The molecule has 5 heteroatoms. The summed E-state index contributed by atoms with van der Waals surface area (Å²) in [6, 6.07) is 8.42. The van der Waals surface area contributed by atoms with Crippen LogP contribution in [-0.4, -0.2) is 39.2 Å². The maximum absolute atomic E-state index is 12.5. The summed E-state index contributed by atoms with van der Waals surface area (Å²) >= 11 is 0. The number of benzene rings is 1. The zero-order valence-corrected chi connectivity index (χ0v) is 11.9. The first-order valence-electron chi connectivity index (χ1n) is 6.70. The van der Waals surface area contributed by atoms with Crippen molar-refractivity contribution in [2.24, 2.45) is 0 Å². The van der Waals surface area contributed by atoms with Gasteiger partial charge in [-0.05, 0) is 42.3 Å². The lowest BCUT2D eigenvalue weighted by molar-refractivity contribution is 0.0707. The number of nitrogens with zero attached hydrogens (tertiary/aromatic N) is 2. The van der Waals surface area contributed by atoms with E-state index in [0.717, 1.165) is 11.1 Å². The SMILES string of the molecule is Cc1cc(O)cc(C(=O)N(CCO)Cc2cccnc2)c1. The fourth-order valence-electron chi connectivity index (χ4n) is 2.15. The molecule has 1 heterocycles. The van der Waals surface area contributed by atoms with Gasteiger partial charge in [-0.1, -0.05) is 6.07 Å². The number of amides is 1. The second kappa shape index (κ2) is 6.85. The smallest absolute Gasteiger partial charge is 0.254 e. The van der Waals surface area contributed by atoms with Gasteiger partial charge in [0.05, 0.1) is 6.61 Å². The molecule has 0 bridgehead atoms. The van der Waals surface area contributed by atoms with Crippen molar-refractivity contribution in [3.63, 3.8) is 0 Å².